The van der Waals surface area contributed by atoms with Gasteiger partial charge in [-0.2, -0.15) is 12.8 Å². The van der Waals surface area contributed by atoms with Crippen LogP contribution in [-0.2, 0) is 26.2 Å². The third kappa shape index (κ3) is 4.32. The van der Waals surface area contributed by atoms with E-state index in [1.165, 1.54) is 54.4 Å². The van der Waals surface area contributed by atoms with Gasteiger partial charge in [-0.25, -0.2) is 0 Å². The zero-order valence-electron chi connectivity index (χ0n) is 14.7. The zero-order valence-corrected chi connectivity index (χ0v) is 17.2. The van der Waals surface area contributed by atoms with Gasteiger partial charge in [0.1, 0.15) is 0 Å². The number of fused-ring (bicyclic) bond motifs is 2. The Morgan fingerprint density at radius 3 is 1.88 bits per heavy atom. The molecule has 2 aromatic carbocycles. The fourth-order valence-corrected chi connectivity index (χ4v) is 4.07. The first kappa shape index (κ1) is 18.6. The maximum absolute atomic E-state index is 2.50. The number of hydrogen-bond acceptors (Lipinski definition) is 0. The summed E-state index contributed by atoms with van der Waals surface area (Å²) >= 11 is 0. The number of hydrogen-bond donors (Lipinski definition) is 0. The monoisotopic (exact) mass is 403 g/mol. The van der Waals surface area contributed by atoms with Crippen molar-refractivity contribution >= 4 is 12.2 Å². The van der Waals surface area contributed by atoms with Gasteiger partial charge in [-0.1, -0.05) is 85.7 Å². The molecule has 2 aromatic rings. The fourth-order valence-electron chi connectivity index (χ4n) is 4.07. The first-order valence-corrected chi connectivity index (χ1v) is 9.28. The molecule has 0 spiro atoms. The molecule has 0 heterocycles. The molecule has 0 aromatic heterocycles. The average molecular weight is 405 g/mol. The second kappa shape index (κ2) is 8.95. The molecular formula is C24H25Zr-. The Morgan fingerprint density at radius 2 is 1.24 bits per heavy atom. The van der Waals surface area contributed by atoms with Gasteiger partial charge >= 0.3 is 0 Å². The first-order valence-electron chi connectivity index (χ1n) is 9.28. The van der Waals surface area contributed by atoms with Crippen LogP contribution in [0.15, 0.2) is 60.7 Å². The van der Waals surface area contributed by atoms with Crippen LogP contribution < -0.4 is 0 Å². The third-order valence-corrected chi connectivity index (χ3v) is 5.41. The number of allylic oxidation sites excluding steroid dienone is 2. The van der Waals surface area contributed by atoms with Crippen LogP contribution in [0, 0.1) is 6.42 Å². The van der Waals surface area contributed by atoms with Gasteiger partial charge in [0, 0.05) is 38.0 Å². The first-order chi connectivity index (χ1) is 11.9. The predicted octanol–water partition coefficient (Wildman–Crippen LogP) is 6.76. The van der Waals surface area contributed by atoms with Crippen molar-refractivity contribution < 1.29 is 26.2 Å². The number of benzene rings is 2. The molecule has 0 fully saturated rings. The number of rotatable bonds is 7. The second-order valence-corrected chi connectivity index (χ2v) is 6.99. The van der Waals surface area contributed by atoms with Gasteiger partial charge in [-0.3, -0.25) is 0 Å². The van der Waals surface area contributed by atoms with E-state index in [0.29, 0.717) is 11.8 Å². The normalized spacial score (nSPS) is 19.5. The van der Waals surface area contributed by atoms with E-state index in [-0.39, 0.29) is 26.2 Å². The Bertz CT molecular complexity index is 691. The van der Waals surface area contributed by atoms with Crippen LogP contribution in [0.3, 0.4) is 0 Å². The molecule has 25 heavy (non-hydrogen) atoms. The minimum absolute atomic E-state index is 0. The summed E-state index contributed by atoms with van der Waals surface area (Å²) in [5, 5.41) is 0. The summed E-state index contributed by atoms with van der Waals surface area (Å²) in [6.45, 7) is 0. The van der Waals surface area contributed by atoms with Crippen LogP contribution in [0.25, 0.3) is 12.2 Å². The summed E-state index contributed by atoms with van der Waals surface area (Å²) in [6.07, 6.45) is 18.1. The third-order valence-electron chi connectivity index (χ3n) is 5.41. The van der Waals surface area contributed by atoms with E-state index < -0.39 is 0 Å². The predicted molar refractivity (Wildman–Crippen MR) is 104 cm³/mol. The summed E-state index contributed by atoms with van der Waals surface area (Å²) in [5.74, 6) is 1.27. The molecule has 2 aliphatic carbocycles. The maximum atomic E-state index is 2.50. The van der Waals surface area contributed by atoms with Gasteiger partial charge in [-0.05, 0) is 28.7 Å². The van der Waals surface area contributed by atoms with Crippen LogP contribution in [0.4, 0.5) is 0 Å². The van der Waals surface area contributed by atoms with E-state index in [4.69, 9.17) is 0 Å². The Balaban J connectivity index is 0.00000182. The van der Waals surface area contributed by atoms with Crippen molar-refractivity contribution in [2.45, 2.75) is 43.9 Å². The standard InChI is InChI=1S/C24H25.Zr/c1(3-9-19-15-17-21-11-5-7-13-23(19)21)2-4-10-20-16-18-22-12-6-8-14-24(20)22;/h1,5-8,11-20H,2-4,9-10H2;/q-1;. The molecule has 2 atom stereocenters. The molecule has 0 aliphatic heterocycles. The topological polar surface area (TPSA) is 0 Å². The summed E-state index contributed by atoms with van der Waals surface area (Å²) in [4.78, 5) is 0. The van der Waals surface area contributed by atoms with Crippen LogP contribution in [0.1, 0.15) is 66.2 Å². The molecule has 1 heteroatoms. The summed E-state index contributed by atoms with van der Waals surface area (Å²) in [6, 6.07) is 17.6. The van der Waals surface area contributed by atoms with Crippen molar-refractivity contribution in [3.8, 4) is 0 Å². The molecule has 126 valence electrons. The quantitative estimate of drug-likeness (QED) is 0.353. The van der Waals surface area contributed by atoms with Crippen molar-refractivity contribution in [2.75, 3.05) is 0 Å². The maximum Gasteiger partial charge on any atom is 0.00263 e. The molecule has 0 bridgehead atoms. The molecule has 0 radical (unpaired) electrons. The Hall–Kier alpha value is -1.20. The molecule has 0 nitrogen and oxygen atoms in total. The zero-order chi connectivity index (χ0) is 16.2. The molecule has 2 aliphatic rings. The summed E-state index contributed by atoms with van der Waals surface area (Å²) in [5.41, 5.74) is 5.86. The van der Waals surface area contributed by atoms with Gasteiger partial charge in [-0.15, -0.1) is 0 Å². The smallest absolute Gasteiger partial charge is 0.00263 e. The van der Waals surface area contributed by atoms with Crippen LogP contribution in [-0.4, -0.2) is 0 Å². The Kier molecular flexibility index (Phi) is 6.65. The summed E-state index contributed by atoms with van der Waals surface area (Å²) < 4.78 is 0. The van der Waals surface area contributed by atoms with Gasteiger partial charge < -0.3 is 6.42 Å². The summed E-state index contributed by atoms with van der Waals surface area (Å²) in [7, 11) is 0. The van der Waals surface area contributed by atoms with Crippen LogP contribution in [0.2, 0.25) is 0 Å². The van der Waals surface area contributed by atoms with Gasteiger partial charge in [0.15, 0.2) is 0 Å². The van der Waals surface area contributed by atoms with Crippen molar-refractivity contribution in [1.29, 1.82) is 0 Å². The van der Waals surface area contributed by atoms with Crippen LogP contribution >= 0.6 is 0 Å². The minimum atomic E-state index is 0. The Labute approximate surface area is 171 Å². The molecule has 0 saturated heterocycles. The molecule has 4 rings (SSSR count). The average Bonchev–Trinajstić information content (AvgIpc) is 3.22. The fraction of sp³-hybridized carbons (Fsp3) is 0.292. The Morgan fingerprint density at radius 1 is 0.680 bits per heavy atom. The van der Waals surface area contributed by atoms with E-state index in [1.807, 2.05) is 0 Å². The molecular weight excluding hydrogens is 379 g/mol. The minimum Gasteiger partial charge on any atom is -0.328 e. The van der Waals surface area contributed by atoms with E-state index in [1.54, 1.807) is 0 Å². The largest absolute Gasteiger partial charge is 0.328 e. The molecule has 0 amide bonds. The second-order valence-electron chi connectivity index (χ2n) is 6.99. The van der Waals surface area contributed by atoms with Gasteiger partial charge in [0.25, 0.3) is 0 Å². The van der Waals surface area contributed by atoms with E-state index >= 15 is 0 Å². The number of unbranched alkanes of at least 4 members (excludes halogenated alkanes) is 3. The molecule has 2 unspecified atom stereocenters. The SMILES string of the molecule is C1=CC(CC[CH-]CCCC2C=Cc3ccccc32)c2ccccc21.[Zr]. The molecule has 0 saturated carbocycles. The van der Waals surface area contributed by atoms with E-state index in [2.05, 4.69) is 79.3 Å². The van der Waals surface area contributed by atoms with E-state index in [9.17, 15) is 0 Å². The van der Waals surface area contributed by atoms with Gasteiger partial charge in [0.2, 0.25) is 0 Å². The van der Waals surface area contributed by atoms with Crippen molar-refractivity contribution in [3.63, 3.8) is 0 Å². The van der Waals surface area contributed by atoms with Crippen molar-refractivity contribution in [1.82, 2.24) is 0 Å². The van der Waals surface area contributed by atoms with Crippen molar-refractivity contribution in [3.05, 3.63) is 89.4 Å². The van der Waals surface area contributed by atoms with E-state index in [0.717, 1.165) is 0 Å². The van der Waals surface area contributed by atoms with Gasteiger partial charge in [0.05, 0.1) is 0 Å². The van der Waals surface area contributed by atoms with Crippen LogP contribution in [0.5, 0.6) is 0 Å². The van der Waals surface area contributed by atoms with Crippen molar-refractivity contribution in [2.24, 2.45) is 0 Å². The molecule has 0 N–H and O–H groups in total.